The minimum Gasteiger partial charge on any atom is -0.384 e. The molecule has 0 bridgehead atoms. The second kappa shape index (κ2) is 5.07. The number of hydrogen-bond donors (Lipinski definition) is 2. The first-order valence-electron chi connectivity index (χ1n) is 5.39. The molecule has 19 heavy (non-hydrogen) atoms. The van der Waals surface area contributed by atoms with E-state index in [1.807, 2.05) is 0 Å². The van der Waals surface area contributed by atoms with Crippen molar-refractivity contribution in [3.8, 4) is 0 Å². The first kappa shape index (κ1) is 13.6. The van der Waals surface area contributed by atoms with Crippen LogP contribution in [0.15, 0.2) is 41.4 Å². The number of hydrogen-bond acceptors (Lipinski definition) is 4. The normalized spacial score (nSPS) is 11.3. The van der Waals surface area contributed by atoms with Gasteiger partial charge in [-0.3, -0.25) is 4.72 Å². The topological polar surface area (TPSA) is 85.1 Å². The van der Waals surface area contributed by atoms with E-state index in [1.165, 1.54) is 18.3 Å². The minimum absolute atomic E-state index is 0.0287. The number of aromatic nitrogens is 1. The number of para-hydroxylation sites is 1. The molecule has 0 unspecified atom stereocenters. The van der Waals surface area contributed by atoms with Crippen LogP contribution in [0.25, 0.3) is 0 Å². The third-order valence-electron chi connectivity index (χ3n) is 2.53. The summed E-state index contributed by atoms with van der Waals surface area (Å²) >= 11 is 5.99. The van der Waals surface area contributed by atoms with Gasteiger partial charge in [-0.15, -0.1) is 0 Å². The molecule has 5 nitrogen and oxygen atoms in total. The maximum absolute atomic E-state index is 12.2. The molecule has 0 amide bonds. The van der Waals surface area contributed by atoms with Gasteiger partial charge in [0.1, 0.15) is 10.7 Å². The van der Waals surface area contributed by atoms with Crippen LogP contribution >= 0.6 is 11.6 Å². The van der Waals surface area contributed by atoms with Crippen molar-refractivity contribution in [1.29, 1.82) is 0 Å². The minimum atomic E-state index is -3.73. The molecule has 0 radical (unpaired) electrons. The first-order chi connectivity index (χ1) is 8.90. The van der Waals surface area contributed by atoms with E-state index in [9.17, 15) is 8.42 Å². The lowest BCUT2D eigenvalue weighted by Gasteiger charge is -2.11. The standard InChI is InChI=1S/C12H12ClN3O2S/c1-8-3-2-4-10(13)12(8)16-19(17,18)9-5-6-11(14)15-7-9/h2-7,16H,1H3,(H2,14,15). The molecule has 0 fully saturated rings. The lowest BCUT2D eigenvalue weighted by atomic mass is 10.2. The molecule has 2 rings (SSSR count). The van der Waals surface area contributed by atoms with Crippen LogP contribution in [0.1, 0.15) is 5.56 Å². The summed E-state index contributed by atoms with van der Waals surface area (Å²) in [6.07, 6.45) is 1.20. The predicted octanol–water partition coefficient (Wildman–Crippen LogP) is 2.43. The van der Waals surface area contributed by atoms with Gasteiger partial charge in [0.05, 0.1) is 10.7 Å². The van der Waals surface area contributed by atoms with Gasteiger partial charge in [0.25, 0.3) is 10.0 Å². The van der Waals surface area contributed by atoms with E-state index in [0.29, 0.717) is 10.7 Å². The number of nitrogens with one attached hydrogen (secondary N) is 1. The number of nitrogens with zero attached hydrogens (tertiary/aromatic N) is 1. The molecule has 0 saturated carbocycles. The number of nitrogens with two attached hydrogens (primary N) is 1. The van der Waals surface area contributed by atoms with Crippen molar-refractivity contribution in [2.45, 2.75) is 11.8 Å². The summed E-state index contributed by atoms with van der Waals surface area (Å²) in [7, 11) is -3.73. The van der Waals surface area contributed by atoms with Gasteiger partial charge in [-0.1, -0.05) is 23.7 Å². The Kier molecular flexibility index (Phi) is 3.64. The van der Waals surface area contributed by atoms with Crippen LogP contribution in [0.3, 0.4) is 0 Å². The molecular weight excluding hydrogens is 286 g/mol. The number of pyridine rings is 1. The van der Waals surface area contributed by atoms with Crippen molar-refractivity contribution in [1.82, 2.24) is 4.98 Å². The van der Waals surface area contributed by atoms with Gasteiger partial charge >= 0.3 is 0 Å². The molecule has 0 aliphatic carbocycles. The van der Waals surface area contributed by atoms with Gasteiger partial charge in [0.2, 0.25) is 0 Å². The molecular formula is C12H12ClN3O2S. The Morgan fingerprint density at radius 2 is 2.00 bits per heavy atom. The first-order valence-corrected chi connectivity index (χ1v) is 7.26. The summed E-state index contributed by atoms with van der Waals surface area (Å²) < 4.78 is 26.8. The van der Waals surface area contributed by atoms with Crippen molar-refractivity contribution in [2.24, 2.45) is 0 Å². The second-order valence-electron chi connectivity index (χ2n) is 3.96. The molecule has 3 N–H and O–H groups in total. The number of sulfonamides is 1. The molecule has 100 valence electrons. The van der Waals surface area contributed by atoms with E-state index < -0.39 is 10.0 Å². The summed E-state index contributed by atoms with van der Waals surface area (Å²) in [5, 5.41) is 0.340. The van der Waals surface area contributed by atoms with Crippen LogP contribution in [0.5, 0.6) is 0 Å². The van der Waals surface area contributed by atoms with Gasteiger partial charge in [-0.05, 0) is 30.7 Å². The lowest BCUT2D eigenvalue weighted by molar-refractivity contribution is 0.601. The monoisotopic (exact) mass is 297 g/mol. The summed E-state index contributed by atoms with van der Waals surface area (Å²) in [6.45, 7) is 1.77. The van der Waals surface area contributed by atoms with Crippen LogP contribution < -0.4 is 10.5 Å². The largest absolute Gasteiger partial charge is 0.384 e. The maximum atomic E-state index is 12.2. The molecule has 0 atom stereocenters. The van der Waals surface area contributed by atoms with Gasteiger partial charge < -0.3 is 5.73 Å². The van der Waals surface area contributed by atoms with Gasteiger partial charge in [0, 0.05) is 6.20 Å². The average Bonchev–Trinajstić information content (AvgIpc) is 2.35. The fourth-order valence-electron chi connectivity index (χ4n) is 1.51. The Labute approximate surface area is 116 Å². The summed E-state index contributed by atoms with van der Waals surface area (Å²) in [5.74, 6) is 0.257. The van der Waals surface area contributed by atoms with Crippen molar-refractivity contribution in [3.63, 3.8) is 0 Å². The van der Waals surface area contributed by atoms with Crippen LogP contribution in [0.4, 0.5) is 11.5 Å². The Hall–Kier alpha value is -1.79. The molecule has 7 heteroatoms. The van der Waals surface area contributed by atoms with Gasteiger partial charge in [-0.2, -0.15) is 0 Å². The zero-order chi connectivity index (χ0) is 14.0. The Bertz CT molecular complexity index is 679. The molecule has 1 aromatic heterocycles. The Morgan fingerprint density at radius 3 is 2.58 bits per heavy atom. The zero-order valence-electron chi connectivity index (χ0n) is 10.1. The summed E-state index contributed by atoms with van der Waals surface area (Å²) in [5.41, 5.74) is 6.52. The fourth-order valence-corrected chi connectivity index (χ4v) is 2.93. The number of benzene rings is 1. The van der Waals surface area contributed by atoms with Crippen molar-refractivity contribution < 1.29 is 8.42 Å². The van der Waals surface area contributed by atoms with Gasteiger partial charge in [-0.25, -0.2) is 13.4 Å². The van der Waals surface area contributed by atoms with E-state index >= 15 is 0 Å². The Morgan fingerprint density at radius 1 is 1.26 bits per heavy atom. The fraction of sp³-hybridized carbons (Fsp3) is 0.0833. The molecule has 0 aliphatic heterocycles. The predicted molar refractivity (Wildman–Crippen MR) is 75.6 cm³/mol. The second-order valence-corrected chi connectivity index (χ2v) is 6.05. The number of halogens is 1. The zero-order valence-corrected chi connectivity index (χ0v) is 11.7. The highest BCUT2D eigenvalue weighted by Gasteiger charge is 2.17. The smallest absolute Gasteiger partial charge is 0.263 e. The highest BCUT2D eigenvalue weighted by molar-refractivity contribution is 7.92. The number of nitrogen functional groups attached to an aromatic ring is 1. The van der Waals surface area contributed by atoms with Crippen LogP contribution in [-0.2, 0) is 10.0 Å². The third-order valence-corrected chi connectivity index (χ3v) is 4.18. The Balaban J connectivity index is 2.39. The van der Waals surface area contributed by atoms with Crippen LogP contribution in [0, 0.1) is 6.92 Å². The molecule has 1 aromatic carbocycles. The van der Waals surface area contributed by atoms with Crippen molar-refractivity contribution in [3.05, 3.63) is 47.1 Å². The van der Waals surface area contributed by atoms with Crippen molar-refractivity contribution >= 4 is 33.1 Å². The quantitative estimate of drug-likeness (QED) is 0.911. The summed E-state index contributed by atoms with van der Waals surface area (Å²) in [6, 6.07) is 7.95. The molecule has 0 spiro atoms. The van der Waals surface area contributed by atoms with Gasteiger partial charge in [0.15, 0.2) is 0 Å². The maximum Gasteiger partial charge on any atom is 0.263 e. The van der Waals surface area contributed by atoms with Crippen LogP contribution in [0.2, 0.25) is 5.02 Å². The SMILES string of the molecule is Cc1cccc(Cl)c1NS(=O)(=O)c1ccc(N)nc1. The molecule has 1 heterocycles. The van der Waals surface area contributed by atoms with E-state index in [4.69, 9.17) is 17.3 Å². The highest BCUT2D eigenvalue weighted by Crippen LogP contribution is 2.27. The molecule has 0 aliphatic rings. The van der Waals surface area contributed by atoms with E-state index in [2.05, 4.69) is 9.71 Å². The molecule has 0 saturated heterocycles. The average molecular weight is 298 g/mol. The van der Waals surface area contributed by atoms with E-state index in [0.717, 1.165) is 5.56 Å². The van der Waals surface area contributed by atoms with Crippen LogP contribution in [-0.4, -0.2) is 13.4 Å². The summed E-state index contributed by atoms with van der Waals surface area (Å²) in [4.78, 5) is 3.79. The highest BCUT2D eigenvalue weighted by atomic mass is 35.5. The number of anilines is 2. The lowest BCUT2D eigenvalue weighted by Crippen LogP contribution is -2.14. The molecule has 2 aromatic rings. The van der Waals surface area contributed by atoms with Crippen molar-refractivity contribution in [2.75, 3.05) is 10.5 Å². The number of aryl methyl sites for hydroxylation is 1. The third kappa shape index (κ3) is 2.97. The number of rotatable bonds is 3. The van der Waals surface area contributed by atoms with E-state index in [1.54, 1.807) is 25.1 Å². The van der Waals surface area contributed by atoms with E-state index in [-0.39, 0.29) is 10.7 Å².